The van der Waals surface area contributed by atoms with Crippen molar-refractivity contribution >= 4 is 11.8 Å². The third-order valence-corrected chi connectivity index (χ3v) is 3.72. The molecule has 2 heterocycles. The van der Waals surface area contributed by atoms with E-state index in [0.717, 1.165) is 12.1 Å². The first kappa shape index (κ1) is 13.7. The average molecular weight is 304 g/mol. The zero-order chi connectivity index (χ0) is 14.7. The van der Waals surface area contributed by atoms with Gasteiger partial charge in [0.2, 0.25) is 0 Å². The van der Waals surface area contributed by atoms with E-state index in [1.54, 1.807) is 35.3 Å². The summed E-state index contributed by atoms with van der Waals surface area (Å²) in [6, 6.07) is 8.74. The van der Waals surface area contributed by atoms with Crippen molar-refractivity contribution in [2.45, 2.75) is 10.8 Å². The minimum Gasteiger partial charge on any atom is -0.221 e. The summed E-state index contributed by atoms with van der Waals surface area (Å²) >= 11 is 1.29. The van der Waals surface area contributed by atoms with Crippen molar-refractivity contribution < 1.29 is 8.78 Å². The molecule has 1 aromatic carbocycles. The Labute approximate surface area is 123 Å². The molecule has 7 heteroatoms. The van der Waals surface area contributed by atoms with Crippen LogP contribution in [0, 0.1) is 11.6 Å². The summed E-state index contributed by atoms with van der Waals surface area (Å²) in [5, 5.41) is 12.8. The van der Waals surface area contributed by atoms with E-state index in [-0.39, 0.29) is 0 Å². The maximum atomic E-state index is 13.5. The molecule has 0 atom stereocenters. The number of benzene rings is 1. The van der Waals surface area contributed by atoms with Crippen LogP contribution in [-0.2, 0) is 5.75 Å². The van der Waals surface area contributed by atoms with E-state index in [2.05, 4.69) is 15.3 Å². The summed E-state index contributed by atoms with van der Waals surface area (Å²) in [5.41, 5.74) is 0.304. The minimum absolute atomic E-state index is 0.291. The van der Waals surface area contributed by atoms with Crippen LogP contribution < -0.4 is 0 Å². The van der Waals surface area contributed by atoms with E-state index in [9.17, 15) is 8.78 Å². The van der Waals surface area contributed by atoms with Gasteiger partial charge in [0.25, 0.3) is 0 Å². The van der Waals surface area contributed by atoms with Gasteiger partial charge < -0.3 is 0 Å². The van der Waals surface area contributed by atoms with Crippen molar-refractivity contribution in [1.29, 1.82) is 0 Å². The van der Waals surface area contributed by atoms with Crippen LogP contribution in [0.2, 0.25) is 0 Å². The second kappa shape index (κ2) is 6.01. The Hall–Kier alpha value is -2.28. The maximum Gasteiger partial charge on any atom is 0.175 e. The molecule has 0 fully saturated rings. The molecule has 0 amide bonds. The Bertz CT molecular complexity index is 729. The molecule has 0 spiro atoms. The highest BCUT2D eigenvalue weighted by atomic mass is 32.2. The molecule has 0 saturated carbocycles. The fraction of sp³-hybridized carbons (Fsp3) is 0.0714. The van der Waals surface area contributed by atoms with Gasteiger partial charge in [-0.25, -0.2) is 13.5 Å². The van der Waals surface area contributed by atoms with Crippen LogP contribution in [0.1, 0.15) is 5.56 Å². The molecule has 3 rings (SSSR count). The fourth-order valence-electron chi connectivity index (χ4n) is 1.72. The van der Waals surface area contributed by atoms with Gasteiger partial charge in [0.1, 0.15) is 16.7 Å². The molecule has 106 valence electrons. The van der Waals surface area contributed by atoms with Crippen molar-refractivity contribution in [2.75, 3.05) is 0 Å². The number of hydrogen-bond acceptors (Lipinski definition) is 4. The molecule has 0 radical (unpaired) electrons. The number of hydrogen-bond donors (Lipinski definition) is 0. The predicted molar refractivity (Wildman–Crippen MR) is 75.1 cm³/mol. The van der Waals surface area contributed by atoms with Crippen molar-refractivity contribution in [2.24, 2.45) is 0 Å². The quantitative estimate of drug-likeness (QED) is 0.694. The van der Waals surface area contributed by atoms with Gasteiger partial charge in [0.15, 0.2) is 5.82 Å². The van der Waals surface area contributed by atoms with Gasteiger partial charge in [-0.2, -0.15) is 5.10 Å². The standard InChI is InChI=1S/C14H10F2N4S/c15-11-2-3-12(16)10(8-11)9-21-14-5-4-13(18-19-14)20-7-1-6-17-20/h1-8H,9H2. The van der Waals surface area contributed by atoms with E-state index in [0.29, 0.717) is 22.2 Å². The van der Waals surface area contributed by atoms with Crippen LogP contribution >= 0.6 is 11.8 Å². The Morgan fingerprint density at radius 3 is 2.71 bits per heavy atom. The van der Waals surface area contributed by atoms with Gasteiger partial charge in [0, 0.05) is 23.7 Å². The van der Waals surface area contributed by atoms with E-state index in [1.807, 2.05) is 0 Å². The Morgan fingerprint density at radius 1 is 1.10 bits per heavy atom. The SMILES string of the molecule is Fc1ccc(F)c(CSc2ccc(-n3cccn3)nn2)c1. The van der Waals surface area contributed by atoms with Gasteiger partial charge in [0.05, 0.1) is 0 Å². The highest BCUT2D eigenvalue weighted by Crippen LogP contribution is 2.22. The lowest BCUT2D eigenvalue weighted by atomic mass is 10.2. The van der Waals surface area contributed by atoms with E-state index < -0.39 is 11.6 Å². The summed E-state index contributed by atoms with van der Waals surface area (Å²) in [5.74, 6) is 0.0118. The van der Waals surface area contributed by atoms with Gasteiger partial charge in [-0.1, -0.05) is 11.8 Å². The molecular weight excluding hydrogens is 294 g/mol. The molecule has 0 saturated heterocycles. The Kier molecular flexibility index (Phi) is 3.92. The normalized spacial score (nSPS) is 10.8. The fourth-order valence-corrected chi connectivity index (χ4v) is 2.51. The van der Waals surface area contributed by atoms with Crippen molar-refractivity contribution in [3.8, 4) is 5.82 Å². The Morgan fingerprint density at radius 2 is 2.00 bits per heavy atom. The van der Waals surface area contributed by atoms with Gasteiger partial charge in [-0.3, -0.25) is 0 Å². The van der Waals surface area contributed by atoms with Crippen molar-refractivity contribution in [3.05, 3.63) is 66.0 Å². The number of rotatable bonds is 4. The molecule has 0 aliphatic rings. The number of thioether (sulfide) groups is 1. The molecule has 21 heavy (non-hydrogen) atoms. The second-order valence-electron chi connectivity index (χ2n) is 4.20. The molecule has 0 N–H and O–H groups in total. The maximum absolute atomic E-state index is 13.5. The lowest BCUT2D eigenvalue weighted by Crippen LogP contribution is -1.99. The summed E-state index contributed by atoms with van der Waals surface area (Å²) in [6.45, 7) is 0. The third-order valence-electron chi connectivity index (χ3n) is 2.75. The lowest BCUT2D eigenvalue weighted by molar-refractivity contribution is 0.591. The van der Waals surface area contributed by atoms with Crippen molar-refractivity contribution in [3.63, 3.8) is 0 Å². The van der Waals surface area contributed by atoms with E-state index in [4.69, 9.17) is 0 Å². The van der Waals surface area contributed by atoms with Gasteiger partial charge in [-0.05, 0) is 36.4 Å². The summed E-state index contributed by atoms with van der Waals surface area (Å²) in [4.78, 5) is 0. The molecule has 0 bridgehead atoms. The highest BCUT2D eigenvalue weighted by Gasteiger charge is 2.06. The van der Waals surface area contributed by atoms with Crippen LogP contribution in [0.5, 0.6) is 0 Å². The zero-order valence-corrected chi connectivity index (χ0v) is 11.6. The average Bonchev–Trinajstić information content (AvgIpc) is 3.03. The molecule has 2 aromatic heterocycles. The largest absolute Gasteiger partial charge is 0.221 e. The lowest BCUT2D eigenvalue weighted by Gasteiger charge is -2.04. The number of halogens is 2. The summed E-state index contributed by atoms with van der Waals surface area (Å²) in [7, 11) is 0. The number of aromatic nitrogens is 4. The second-order valence-corrected chi connectivity index (χ2v) is 5.20. The molecule has 0 aliphatic carbocycles. The van der Waals surface area contributed by atoms with Crippen LogP contribution in [0.15, 0.2) is 53.8 Å². The van der Waals surface area contributed by atoms with Crippen LogP contribution in [0.3, 0.4) is 0 Å². The monoisotopic (exact) mass is 304 g/mol. The molecule has 3 aromatic rings. The highest BCUT2D eigenvalue weighted by molar-refractivity contribution is 7.98. The topological polar surface area (TPSA) is 43.6 Å². The van der Waals surface area contributed by atoms with Crippen molar-refractivity contribution in [1.82, 2.24) is 20.0 Å². The predicted octanol–water partition coefficient (Wildman–Crippen LogP) is 3.23. The first-order valence-corrected chi connectivity index (χ1v) is 7.11. The summed E-state index contributed by atoms with van der Waals surface area (Å²) < 4.78 is 28.2. The van der Waals surface area contributed by atoms with Gasteiger partial charge in [-0.15, -0.1) is 10.2 Å². The third kappa shape index (κ3) is 3.25. The van der Waals surface area contributed by atoms with E-state index >= 15 is 0 Å². The van der Waals surface area contributed by atoms with Crippen LogP contribution in [0.25, 0.3) is 5.82 Å². The van der Waals surface area contributed by atoms with Crippen LogP contribution in [-0.4, -0.2) is 20.0 Å². The first-order chi connectivity index (χ1) is 10.2. The molecule has 4 nitrogen and oxygen atoms in total. The Balaban J connectivity index is 1.70. The molecule has 0 unspecified atom stereocenters. The number of nitrogens with zero attached hydrogens (tertiary/aromatic N) is 4. The first-order valence-electron chi connectivity index (χ1n) is 6.13. The minimum atomic E-state index is -0.452. The van der Waals surface area contributed by atoms with Crippen LogP contribution in [0.4, 0.5) is 8.78 Å². The van der Waals surface area contributed by atoms with Gasteiger partial charge >= 0.3 is 0 Å². The zero-order valence-electron chi connectivity index (χ0n) is 10.8. The summed E-state index contributed by atoms with van der Waals surface area (Å²) in [6.07, 6.45) is 3.41. The molecule has 0 aliphatic heterocycles. The van der Waals surface area contributed by atoms with E-state index in [1.165, 1.54) is 17.8 Å². The smallest absolute Gasteiger partial charge is 0.175 e. The molecular formula is C14H10F2N4S.